The number of imide groups is 6. The Hall–Kier alpha value is -10.6. The first-order chi connectivity index (χ1) is 34.7. The first kappa shape index (κ1) is 41.6. The Labute approximate surface area is 403 Å². The number of hydrogen-bond donors (Lipinski definition) is 0. The van der Waals surface area contributed by atoms with E-state index in [1.807, 2.05) is 0 Å². The van der Waals surface area contributed by atoms with Crippen LogP contribution < -0.4 is 29.4 Å². The number of fused-ring (bicyclic) bond motifs is 6. The molecule has 0 bridgehead atoms. The van der Waals surface area contributed by atoms with Gasteiger partial charge in [-0.2, -0.15) is 0 Å². The van der Waals surface area contributed by atoms with E-state index in [0.717, 1.165) is 29.4 Å². The van der Waals surface area contributed by atoms with Crippen LogP contribution in [0.4, 0.5) is 34.1 Å². The lowest BCUT2D eigenvalue weighted by Crippen LogP contribution is -2.30. The van der Waals surface area contributed by atoms with E-state index in [9.17, 15) is 57.5 Å². The van der Waals surface area contributed by atoms with E-state index in [0.29, 0.717) is 5.69 Å². The van der Waals surface area contributed by atoms with Crippen molar-refractivity contribution in [2.45, 2.75) is 0 Å². The van der Waals surface area contributed by atoms with Crippen molar-refractivity contribution in [3.8, 4) is 0 Å². The lowest BCUT2D eigenvalue weighted by atomic mass is 10.1. The molecule has 0 aliphatic carbocycles. The minimum Gasteiger partial charge on any atom is -0.268 e. The molecule has 342 valence electrons. The maximum absolute atomic E-state index is 14.1. The molecule has 0 unspecified atom stereocenters. The number of nitrogens with zero attached hydrogens (tertiary/aromatic N) is 6. The van der Waals surface area contributed by atoms with Crippen LogP contribution in [0.15, 0.2) is 146 Å². The molecule has 0 saturated heterocycles. The summed E-state index contributed by atoms with van der Waals surface area (Å²) in [5.41, 5.74) is -0.212. The van der Waals surface area contributed by atoms with Crippen LogP contribution in [0.25, 0.3) is 0 Å². The van der Waals surface area contributed by atoms with Crippen molar-refractivity contribution in [1.29, 1.82) is 0 Å². The van der Waals surface area contributed by atoms with E-state index in [4.69, 9.17) is 0 Å². The van der Waals surface area contributed by atoms with Gasteiger partial charge in [0.25, 0.3) is 70.9 Å². The zero-order chi connectivity index (χ0) is 49.8. The van der Waals surface area contributed by atoms with Gasteiger partial charge in [0.15, 0.2) is 0 Å². The number of rotatable bonds is 6. The van der Waals surface area contributed by atoms with Gasteiger partial charge in [0.05, 0.1) is 101 Å². The molecule has 0 radical (unpaired) electrons. The quantitative estimate of drug-likeness (QED) is 0.163. The average molecular weight is 949 g/mol. The summed E-state index contributed by atoms with van der Waals surface area (Å²) in [6, 6.07) is 33.8. The lowest BCUT2D eigenvalue weighted by Gasteiger charge is -2.15. The van der Waals surface area contributed by atoms with Gasteiger partial charge >= 0.3 is 0 Å². The van der Waals surface area contributed by atoms with Crippen LogP contribution in [-0.2, 0) is 0 Å². The maximum atomic E-state index is 14.1. The summed E-state index contributed by atoms with van der Waals surface area (Å²) in [5.74, 6) is -8.89. The molecule has 0 spiro atoms. The zero-order valence-electron chi connectivity index (χ0n) is 36.4. The fourth-order valence-electron chi connectivity index (χ4n) is 10.0. The summed E-state index contributed by atoms with van der Waals surface area (Å²) in [5, 5.41) is 0. The number of amides is 12. The van der Waals surface area contributed by atoms with E-state index in [1.54, 1.807) is 42.5 Å². The third-order valence-electron chi connectivity index (χ3n) is 13.5. The third kappa shape index (κ3) is 5.41. The van der Waals surface area contributed by atoms with Gasteiger partial charge in [0, 0.05) is 0 Å². The summed E-state index contributed by atoms with van der Waals surface area (Å²) >= 11 is 0. The molecule has 72 heavy (non-hydrogen) atoms. The van der Waals surface area contributed by atoms with Gasteiger partial charge in [-0.1, -0.05) is 30.3 Å². The fourth-order valence-corrected chi connectivity index (χ4v) is 10.0. The molecule has 7 aromatic rings. The Morgan fingerprint density at radius 2 is 0.347 bits per heavy atom. The summed E-state index contributed by atoms with van der Waals surface area (Å²) in [4.78, 5) is 169. The molecule has 18 heteroatoms. The topological polar surface area (TPSA) is 224 Å². The van der Waals surface area contributed by atoms with Crippen LogP contribution in [-0.4, -0.2) is 70.9 Å². The van der Waals surface area contributed by atoms with Crippen LogP contribution in [0, 0.1) is 0 Å². The Morgan fingerprint density at radius 3 is 0.583 bits per heavy atom. The summed E-state index contributed by atoms with van der Waals surface area (Å²) in [6.45, 7) is 0. The SMILES string of the molecule is O=C1c2ccccc2C(=O)N1c1ccc2c(c1)C(=O)N(c1ccc3c(c1)C(=O)N(c1ccc4c(c1)C(=O)N(c1ccc5c(c1)C(=O)N(c1ccc6c(c1)C(=O)N(c1ccccc1)C6=O)C5=O)C4=O)C3=O)C2=O. The van der Waals surface area contributed by atoms with Crippen molar-refractivity contribution in [3.05, 3.63) is 212 Å². The van der Waals surface area contributed by atoms with Crippen LogP contribution in [0.5, 0.6) is 0 Å². The van der Waals surface area contributed by atoms with Crippen molar-refractivity contribution in [1.82, 2.24) is 0 Å². The second-order valence-electron chi connectivity index (χ2n) is 17.2. The molecule has 12 amide bonds. The molecule has 0 atom stereocenters. The van der Waals surface area contributed by atoms with Crippen LogP contribution >= 0.6 is 0 Å². The van der Waals surface area contributed by atoms with E-state index < -0.39 is 70.9 Å². The predicted molar refractivity (Wildman–Crippen MR) is 252 cm³/mol. The van der Waals surface area contributed by atoms with E-state index in [-0.39, 0.29) is 95.2 Å². The van der Waals surface area contributed by atoms with Crippen molar-refractivity contribution in [3.63, 3.8) is 0 Å². The average Bonchev–Trinajstić information content (AvgIpc) is 4.13. The monoisotopic (exact) mass is 948 g/mol. The molecule has 13 rings (SSSR count). The number of benzene rings is 7. The van der Waals surface area contributed by atoms with Gasteiger partial charge in [-0.25, -0.2) is 29.4 Å². The normalized spacial score (nSPS) is 16.5. The van der Waals surface area contributed by atoms with Crippen LogP contribution in [0.2, 0.25) is 0 Å². The standard InChI is InChI=1S/C54H24N6O12/c61-43-31-8-4-5-9-32(31)44(62)56(43)26-10-16-34-39(20-26)51(69)58(46(34)64)28-12-18-36-41(22-28)53(71)60(48(36)66)30-14-19-37-42(24-30)54(72)59(49(37)67)29-13-17-35-40(23-29)52(70)57(47(35)65)27-11-15-33-38(21-27)50(68)55(45(33)63)25-6-2-1-3-7-25/h1-24H. The smallest absolute Gasteiger partial charge is 0.266 e. The Morgan fingerprint density at radius 1 is 0.167 bits per heavy atom. The van der Waals surface area contributed by atoms with Gasteiger partial charge in [0.2, 0.25) is 0 Å². The highest BCUT2D eigenvalue weighted by Crippen LogP contribution is 2.41. The van der Waals surface area contributed by atoms with E-state index in [2.05, 4.69) is 0 Å². The highest BCUT2D eigenvalue weighted by atomic mass is 16.2. The molecule has 6 aliphatic heterocycles. The molecular weight excluding hydrogens is 925 g/mol. The number of anilines is 6. The predicted octanol–water partition coefficient (Wildman–Crippen LogP) is 6.49. The van der Waals surface area contributed by atoms with Crippen LogP contribution in [0.1, 0.15) is 124 Å². The van der Waals surface area contributed by atoms with Crippen molar-refractivity contribution in [2.75, 3.05) is 29.4 Å². The molecule has 6 aliphatic rings. The van der Waals surface area contributed by atoms with Gasteiger partial charge in [-0.3, -0.25) is 57.5 Å². The number of para-hydroxylation sites is 1. The second-order valence-corrected chi connectivity index (χ2v) is 17.2. The Kier molecular flexibility index (Phi) is 8.34. The van der Waals surface area contributed by atoms with Gasteiger partial charge in [-0.05, 0) is 115 Å². The molecule has 0 saturated carbocycles. The Bertz CT molecular complexity index is 3920. The molecule has 18 nitrogen and oxygen atoms in total. The Balaban J connectivity index is 0.744. The summed E-state index contributed by atoms with van der Waals surface area (Å²) in [7, 11) is 0. The maximum Gasteiger partial charge on any atom is 0.266 e. The minimum absolute atomic E-state index is 0.0108. The molecule has 0 N–H and O–H groups in total. The van der Waals surface area contributed by atoms with Crippen molar-refractivity contribution in [2.24, 2.45) is 0 Å². The largest absolute Gasteiger partial charge is 0.268 e. The minimum atomic E-state index is -0.870. The molecular formula is C54H24N6O12. The van der Waals surface area contributed by atoms with Crippen molar-refractivity contribution < 1.29 is 57.5 Å². The molecule has 0 aromatic heterocycles. The number of hydrogen-bond acceptors (Lipinski definition) is 12. The highest BCUT2D eigenvalue weighted by Gasteiger charge is 2.46. The molecule has 6 heterocycles. The third-order valence-corrected chi connectivity index (χ3v) is 13.5. The van der Waals surface area contributed by atoms with Gasteiger partial charge in [-0.15, -0.1) is 0 Å². The van der Waals surface area contributed by atoms with Crippen LogP contribution in [0.3, 0.4) is 0 Å². The number of carbonyl (C=O) groups excluding carboxylic acids is 12. The second kappa shape index (κ2) is 14.5. The highest BCUT2D eigenvalue weighted by molar-refractivity contribution is 6.41. The van der Waals surface area contributed by atoms with E-state index >= 15 is 0 Å². The number of carbonyl (C=O) groups is 12. The molecule has 7 aromatic carbocycles. The summed E-state index contributed by atoms with van der Waals surface area (Å²) < 4.78 is 0. The summed E-state index contributed by atoms with van der Waals surface area (Å²) in [6.07, 6.45) is 0. The van der Waals surface area contributed by atoms with E-state index in [1.165, 1.54) is 103 Å². The van der Waals surface area contributed by atoms with Gasteiger partial charge < -0.3 is 0 Å². The van der Waals surface area contributed by atoms with Gasteiger partial charge in [0.1, 0.15) is 0 Å². The fraction of sp³-hybridized carbons (Fsp3) is 0. The van der Waals surface area contributed by atoms with Crippen molar-refractivity contribution >= 4 is 105 Å². The molecule has 0 fully saturated rings. The zero-order valence-corrected chi connectivity index (χ0v) is 36.4. The first-order valence-corrected chi connectivity index (χ1v) is 21.9. The lowest BCUT2D eigenvalue weighted by molar-refractivity contribution is 0.0907. The first-order valence-electron chi connectivity index (χ1n) is 21.9.